The maximum Gasteiger partial charge on any atom is 0.341 e. The first-order valence-corrected chi connectivity index (χ1v) is 8.40. The number of halogens is 1. The summed E-state index contributed by atoms with van der Waals surface area (Å²) in [5.41, 5.74) is 5.46. The number of aromatic nitrogens is 2. The summed E-state index contributed by atoms with van der Waals surface area (Å²) in [5, 5.41) is 13.1. The molecule has 0 aliphatic carbocycles. The molecule has 0 bridgehead atoms. The summed E-state index contributed by atoms with van der Waals surface area (Å²) in [5.74, 6) is -1.52. The molecule has 2 atom stereocenters. The van der Waals surface area contributed by atoms with Crippen molar-refractivity contribution in [3.8, 4) is 5.82 Å². The quantitative estimate of drug-likeness (QED) is 0.717. The summed E-state index contributed by atoms with van der Waals surface area (Å²) in [4.78, 5) is 25.8. The molecule has 3 N–H and O–H groups in total. The number of carbonyl (C=O) groups is 1. The van der Waals surface area contributed by atoms with Crippen molar-refractivity contribution in [2.24, 2.45) is 11.7 Å². The first-order valence-electron chi connectivity index (χ1n) is 8.40. The minimum atomic E-state index is -1.40. The number of hydrogen-bond acceptors (Lipinski definition) is 6. The number of carboxylic acid groups (broad SMARTS) is 1. The molecule has 0 amide bonds. The predicted molar refractivity (Wildman–Crippen MR) is 95.9 cm³/mol. The monoisotopic (exact) mass is 372 g/mol. The van der Waals surface area contributed by atoms with E-state index in [4.69, 9.17) is 10.3 Å². The molecule has 1 aliphatic heterocycles. The fourth-order valence-corrected chi connectivity index (χ4v) is 3.44. The number of hydrogen-bond donors (Lipinski definition) is 2. The molecule has 3 aromatic rings. The molecule has 1 fully saturated rings. The van der Waals surface area contributed by atoms with Crippen molar-refractivity contribution in [2.45, 2.75) is 13.0 Å². The van der Waals surface area contributed by atoms with E-state index in [0.717, 1.165) is 6.07 Å². The van der Waals surface area contributed by atoms with E-state index in [2.05, 4.69) is 5.16 Å². The number of carboxylic acids is 1. The van der Waals surface area contributed by atoms with E-state index in [1.54, 1.807) is 0 Å². The third kappa shape index (κ3) is 2.76. The van der Waals surface area contributed by atoms with Crippen molar-refractivity contribution in [3.63, 3.8) is 0 Å². The molecule has 27 heavy (non-hydrogen) atoms. The van der Waals surface area contributed by atoms with Crippen molar-refractivity contribution >= 4 is 22.6 Å². The lowest BCUT2D eigenvalue weighted by molar-refractivity contribution is 0.0695. The van der Waals surface area contributed by atoms with Gasteiger partial charge in [0.15, 0.2) is 5.82 Å². The van der Waals surface area contributed by atoms with Crippen molar-refractivity contribution in [1.29, 1.82) is 0 Å². The Hall–Kier alpha value is -3.20. The minimum absolute atomic E-state index is 0.0457. The van der Waals surface area contributed by atoms with E-state index in [9.17, 15) is 19.1 Å². The number of rotatable bonds is 3. The second kappa shape index (κ2) is 6.20. The second-order valence-corrected chi connectivity index (χ2v) is 6.77. The number of pyridine rings is 1. The van der Waals surface area contributed by atoms with Gasteiger partial charge in [-0.2, -0.15) is 0 Å². The topological polar surface area (TPSA) is 115 Å². The lowest BCUT2D eigenvalue weighted by Crippen LogP contribution is -2.28. The molecule has 2 aromatic heterocycles. The molecule has 0 radical (unpaired) electrons. The molecule has 9 heteroatoms. The van der Waals surface area contributed by atoms with Gasteiger partial charge < -0.3 is 20.3 Å². The van der Waals surface area contributed by atoms with Crippen LogP contribution in [0.2, 0.25) is 0 Å². The molecule has 2 unspecified atom stereocenters. The van der Waals surface area contributed by atoms with Gasteiger partial charge in [-0.05, 0) is 18.1 Å². The summed E-state index contributed by atoms with van der Waals surface area (Å²) < 4.78 is 21.0. The first kappa shape index (κ1) is 17.2. The van der Waals surface area contributed by atoms with Gasteiger partial charge >= 0.3 is 5.97 Å². The summed E-state index contributed by atoms with van der Waals surface area (Å²) in [6, 6.07) is 4.04. The fourth-order valence-electron chi connectivity index (χ4n) is 3.44. The molecule has 3 heterocycles. The van der Waals surface area contributed by atoms with Crippen LogP contribution in [0.3, 0.4) is 0 Å². The number of nitrogens with zero attached hydrogens (tertiary/aromatic N) is 3. The molecule has 1 saturated heterocycles. The SMILES string of the molecule is CC1CN(c2cc3c(cc2F)c(=O)c(C(=O)O)cn3-c2ccon2)CC1N. The van der Waals surface area contributed by atoms with Crippen molar-refractivity contribution < 1.29 is 18.8 Å². The number of benzene rings is 1. The average molecular weight is 372 g/mol. The lowest BCUT2D eigenvalue weighted by Gasteiger charge is -2.20. The summed E-state index contributed by atoms with van der Waals surface area (Å²) >= 11 is 0. The van der Waals surface area contributed by atoms with E-state index < -0.39 is 22.8 Å². The van der Waals surface area contributed by atoms with Crippen LogP contribution in [-0.2, 0) is 0 Å². The smallest absolute Gasteiger partial charge is 0.341 e. The maximum absolute atomic E-state index is 14.8. The zero-order valence-corrected chi connectivity index (χ0v) is 14.4. The van der Waals surface area contributed by atoms with Crippen LogP contribution in [0.4, 0.5) is 10.1 Å². The Morgan fingerprint density at radius 3 is 2.78 bits per heavy atom. The van der Waals surface area contributed by atoms with Crippen LogP contribution in [0.15, 0.2) is 40.0 Å². The van der Waals surface area contributed by atoms with Crippen molar-refractivity contribution in [3.05, 3.63) is 52.3 Å². The van der Waals surface area contributed by atoms with E-state index in [1.165, 1.54) is 29.2 Å². The Morgan fingerprint density at radius 2 is 2.19 bits per heavy atom. The van der Waals surface area contributed by atoms with Gasteiger partial charge in [0, 0.05) is 31.4 Å². The molecule has 0 saturated carbocycles. The number of anilines is 1. The number of nitrogens with two attached hydrogens (primary N) is 1. The van der Waals surface area contributed by atoms with Crippen LogP contribution in [0, 0.1) is 11.7 Å². The average Bonchev–Trinajstić information content (AvgIpc) is 3.25. The van der Waals surface area contributed by atoms with Crippen LogP contribution >= 0.6 is 0 Å². The molecule has 4 rings (SSSR count). The Labute approximate surface area is 152 Å². The summed E-state index contributed by atoms with van der Waals surface area (Å²) in [7, 11) is 0. The second-order valence-electron chi connectivity index (χ2n) is 6.77. The highest BCUT2D eigenvalue weighted by molar-refractivity contribution is 5.94. The molecule has 140 valence electrons. The molecule has 1 aliphatic rings. The minimum Gasteiger partial charge on any atom is -0.477 e. The normalized spacial score (nSPS) is 19.7. The van der Waals surface area contributed by atoms with Gasteiger partial charge in [-0.1, -0.05) is 12.1 Å². The van der Waals surface area contributed by atoms with E-state index in [-0.39, 0.29) is 23.2 Å². The Kier molecular flexibility index (Phi) is 3.96. The Bertz CT molecular complexity index is 1080. The van der Waals surface area contributed by atoms with Crippen LogP contribution < -0.4 is 16.1 Å². The van der Waals surface area contributed by atoms with Crippen LogP contribution in [-0.4, -0.2) is 39.9 Å². The highest BCUT2D eigenvalue weighted by Crippen LogP contribution is 2.30. The number of aromatic carboxylic acids is 1. The van der Waals surface area contributed by atoms with Gasteiger partial charge in [-0.15, -0.1) is 0 Å². The van der Waals surface area contributed by atoms with Gasteiger partial charge in [0.2, 0.25) is 5.43 Å². The lowest BCUT2D eigenvalue weighted by atomic mass is 10.1. The first-order chi connectivity index (χ1) is 12.9. The highest BCUT2D eigenvalue weighted by atomic mass is 19.1. The van der Waals surface area contributed by atoms with Crippen LogP contribution in [0.25, 0.3) is 16.7 Å². The largest absolute Gasteiger partial charge is 0.477 e. The van der Waals surface area contributed by atoms with Gasteiger partial charge in [0.25, 0.3) is 0 Å². The molecular formula is C18H17FN4O4. The van der Waals surface area contributed by atoms with Gasteiger partial charge in [-0.25, -0.2) is 9.18 Å². The Morgan fingerprint density at radius 1 is 1.41 bits per heavy atom. The summed E-state index contributed by atoms with van der Waals surface area (Å²) in [6.07, 6.45) is 2.50. The van der Waals surface area contributed by atoms with Gasteiger partial charge in [-0.3, -0.25) is 9.36 Å². The van der Waals surface area contributed by atoms with Gasteiger partial charge in [0.1, 0.15) is 17.6 Å². The third-order valence-corrected chi connectivity index (χ3v) is 4.98. The Balaban J connectivity index is 2.00. The molecular weight excluding hydrogens is 355 g/mol. The van der Waals surface area contributed by atoms with Crippen LogP contribution in [0.5, 0.6) is 0 Å². The van der Waals surface area contributed by atoms with Crippen molar-refractivity contribution in [2.75, 3.05) is 18.0 Å². The standard InChI is InChI=1S/C18H17FN4O4/c1-9-6-22(8-13(9)20)15-5-14-10(4-12(15)19)17(24)11(18(25)26)7-23(14)16-2-3-27-21-16/h2-5,7,9,13H,6,8,20H2,1H3,(H,25,26). The van der Waals surface area contributed by atoms with E-state index in [0.29, 0.717) is 24.3 Å². The van der Waals surface area contributed by atoms with Crippen LogP contribution in [0.1, 0.15) is 17.3 Å². The van der Waals surface area contributed by atoms with E-state index >= 15 is 0 Å². The zero-order valence-electron chi connectivity index (χ0n) is 14.4. The third-order valence-electron chi connectivity index (χ3n) is 4.98. The van der Waals surface area contributed by atoms with E-state index in [1.807, 2.05) is 11.8 Å². The molecule has 1 aromatic carbocycles. The zero-order chi connectivity index (χ0) is 19.3. The number of fused-ring (bicyclic) bond motifs is 1. The van der Waals surface area contributed by atoms with Crippen molar-refractivity contribution in [1.82, 2.24) is 9.72 Å². The summed E-state index contributed by atoms with van der Waals surface area (Å²) in [6.45, 7) is 3.07. The molecule has 0 spiro atoms. The maximum atomic E-state index is 14.8. The fraction of sp³-hybridized carbons (Fsp3) is 0.278. The predicted octanol–water partition coefficient (Wildman–Crippen LogP) is 1.60. The highest BCUT2D eigenvalue weighted by Gasteiger charge is 2.29. The molecule has 8 nitrogen and oxygen atoms in total. The van der Waals surface area contributed by atoms with Gasteiger partial charge in [0.05, 0.1) is 16.6 Å².